The minimum Gasteiger partial charge on any atom is -0.357 e. The molecule has 0 amide bonds. The minimum atomic E-state index is 0. The molecule has 1 aromatic carbocycles. The minimum absolute atomic E-state index is 0. The first-order chi connectivity index (χ1) is 10.8. The molecule has 0 radical (unpaired) electrons. The summed E-state index contributed by atoms with van der Waals surface area (Å²) in [5.74, 6) is 0.865. The van der Waals surface area contributed by atoms with Gasteiger partial charge in [-0.05, 0) is 57.5 Å². The van der Waals surface area contributed by atoms with Crippen LogP contribution in [0, 0.1) is 0 Å². The zero-order valence-electron chi connectivity index (χ0n) is 13.9. The van der Waals surface area contributed by atoms with Crippen LogP contribution in [-0.2, 0) is 6.54 Å². The van der Waals surface area contributed by atoms with E-state index < -0.39 is 0 Å². The van der Waals surface area contributed by atoms with Crippen molar-refractivity contribution in [2.24, 2.45) is 4.99 Å². The summed E-state index contributed by atoms with van der Waals surface area (Å²) >= 11 is 6.17. The third kappa shape index (κ3) is 7.72. The molecule has 1 fully saturated rings. The van der Waals surface area contributed by atoms with Gasteiger partial charge in [0.25, 0.3) is 0 Å². The van der Waals surface area contributed by atoms with E-state index >= 15 is 0 Å². The highest BCUT2D eigenvalue weighted by atomic mass is 127. The molecule has 130 valence electrons. The molecule has 0 unspecified atom stereocenters. The van der Waals surface area contributed by atoms with Gasteiger partial charge in [-0.3, -0.25) is 0 Å². The normalized spacial score (nSPS) is 15.3. The second kappa shape index (κ2) is 11.9. The number of hydrogen-bond acceptors (Lipinski definition) is 2. The first kappa shape index (κ1) is 20.5. The average Bonchev–Trinajstić information content (AvgIpc) is 3.03. The van der Waals surface area contributed by atoms with Crippen molar-refractivity contribution in [2.45, 2.75) is 32.7 Å². The number of aliphatic imine (C=N–C) groups is 1. The number of benzene rings is 1. The van der Waals surface area contributed by atoms with Crippen LogP contribution in [-0.4, -0.2) is 43.6 Å². The van der Waals surface area contributed by atoms with Crippen molar-refractivity contribution >= 4 is 41.5 Å². The topological polar surface area (TPSA) is 39.7 Å². The van der Waals surface area contributed by atoms with Gasteiger partial charge in [0.2, 0.25) is 0 Å². The van der Waals surface area contributed by atoms with Crippen molar-refractivity contribution in [3.8, 4) is 0 Å². The number of rotatable bonds is 7. The standard InChI is InChI=1S/C17H27ClN4.HI/c1-2-19-17(20-10-7-13-22-11-5-6-12-22)21-14-15-8-3-4-9-16(15)18;/h3-4,8-9H,2,5-7,10-14H2,1H3,(H2,19,20,21);1H. The smallest absolute Gasteiger partial charge is 0.191 e. The second-order valence-corrected chi connectivity index (χ2v) is 6.02. The van der Waals surface area contributed by atoms with Crippen molar-refractivity contribution in [2.75, 3.05) is 32.7 Å². The fourth-order valence-corrected chi connectivity index (χ4v) is 2.84. The van der Waals surface area contributed by atoms with Gasteiger partial charge in [-0.1, -0.05) is 29.8 Å². The molecule has 0 saturated carbocycles. The molecule has 1 aliphatic rings. The summed E-state index contributed by atoms with van der Waals surface area (Å²) in [6.07, 6.45) is 3.86. The van der Waals surface area contributed by atoms with E-state index in [9.17, 15) is 0 Å². The summed E-state index contributed by atoms with van der Waals surface area (Å²) in [5.41, 5.74) is 1.05. The Morgan fingerprint density at radius 1 is 1.22 bits per heavy atom. The van der Waals surface area contributed by atoms with Crippen molar-refractivity contribution in [1.29, 1.82) is 0 Å². The van der Waals surface area contributed by atoms with Crippen LogP contribution in [0.25, 0.3) is 0 Å². The number of likely N-dealkylation sites (tertiary alicyclic amines) is 1. The van der Waals surface area contributed by atoms with Gasteiger partial charge in [0.1, 0.15) is 0 Å². The molecule has 0 bridgehead atoms. The van der Waals surface area contributed by atoms with E-state index in [1.54, 1.807) is 0 Å². The van der Waals surface area contributed by atoms with E-state index in [1.807, 2.05) is 24.3 Å². The van der Waals surface area contributed by atoms with Crippen LogP contribution < -0.4 is 10.6 Å². The summed E-state index contributed by atoms with van der Waals surface area (Å²) in [6.45, 7) is 8.20. The summed E-state index contributed by atoms with van der Waals surface area (Å²) in [7, 11) is 0. The van der Waals surface area contributed by atoms with Gasteiger partial charge in [-0.25, -0.2) is 4.99 Å². The Hall–Kier alpha value is -0.530. The zero-order valence-corrected chi connectivity index (χ0v) is 16.9. The predicted octanol–water partition coefficient (Wildman–Crippen LogP) is 3.50. The highest BCUT2D eigenvalue weighted by Gasteiger charge is 2.10. The maximum atomic E-state index is 6.17. The van der Waals surface area contributed by atoms with E-state index in [0.717, 1.165) is 36.1 Å². The van der Waals surface area contributed by atoms with Gasteiger partial charge in [-0.15, -0.1) is 24.0 Å². The van der Waals surface area contributed by atoms with Crippen molar-refractivity contribution in [3.05, 3.63) is 34.9 Å². The lowest BCUT2D eigenvalue weighted by Gasteiger charge is -2.16. The molecule has 0 aromatic heterocycles. The first-order valence-corrected chi connectivity index (χ1v) is 8.65. The van der Waals surface area contributed by atoms with Crippen LogP contribution >= 0.6 is 35.6 Å². The number of halogens is 2. The largest absolute Gasteiger partial charge is 0.357 e. The fraction of sp³-hybridized carbons (Fsp3) is 0.588. The van der Waals surface area contributed by atoms with E-state index in [0.29, 0.717) is 6.54 Å². The zero-order chi connectivity index (χ0) is 15.6. The van der Waals surface area contributed by atoms with Crippen molar-refractivity contribution < 1.29 is 0 Å². The third-order valence-electron chi connectivity index (χ3n) is 3.85. The SMILES string of the molecule is CCNC(=NCc1ccccc1Cl)NCCCN1CCCC1.I. The van der Waals surface area contributed by atoms with Crippen molar-refractivity contribution in [1.82, 2.24) is 15.5 Å². The Bertz CT molecular complexity index is 475. The number of nitrogens with zero attached hydrogens (tertiary/aromatic N) is 2. The molecular weight excluding hydrogens is 423 g/mol. The molecule has 2 N–H and O–H groups in total. The molecule has 0 spiro atoms. The predicted molar refractivity (Wildman–Crippen MR) is 110 cm³/mol. The van der Waals surface area contributed by atoms with Crippen LogP contribution in [0.5, 0.6) is 0 Å². The molecule has 0 atom stereocenters. The van der Waals surface area contributed by atoms with Crippen LogP contribution in [0.2, 0.25) is 5.02 Å². The molecule has 2 rings (SSSR count). The van der Waals surface area contributed by atoms with Crippen LogP contribution in [0.3, 0.4) is 0 Å². The molecule has 1 aliphatic heterocycles. The van der Waals surface area contributed by atoms with Crippen LogP contribution in [0.4, 0.5) is 0 Å². The van der Waals surface area contributed by atoms with Gasteiger partial charge in [-0.2, -0.15) is 0 Å². The van der Waals surface area contributed by atoms with E-state index in [1.165, 1.54) is 32.5 Å². The number of guanidine groups is 1. The van der Waals surface area contributed by atoms with E-state index in [-0.39, 0.29) is 24.0 Å². The number of nitrogens with one attached hydrogen (secondary N) is 2. The molecule has 23 heavy (non-hydrogen) atoms. The maximum absolute atomic E-state index is 6.17. The molecule has 4 nitrogen and oxygen atoms in total. The monoisotopic (exact) mass is 450 g/mol. The Morgan fingerprint density at radius 2 is 1.96 bits per heavy atom. The molecule has 6 heteroatoms. The quantitative estimate of drug-likeness (QED) is 0.289. The lowest BCUT2D eigenvalue weighted by atomic mass is 10.2. The highest BCUT2D eigenvalue weighted by molar-refractivity contribution is 14.0. The molecule has 1 saturated heterocycles. The van der Waals surface area contributed by atoms with Gasteiger partial charge in [0, 0.05) is 18.1 Å². The molecule has 1 aromatic rings. The fourth-order valence-electron chi connectivity index (χ4n) is 2.65. The maximum Gasteiger partial charge on any atom is 0.191 e. The van der Waals surface area contributed by atoms with Gasteiger partial charge >= 0.3 is 0 Å². The van der Waals surface area contributed by atoms with Crippen LogP contribution in [0.15, 0.2) is 29.3 Å². The second-order valence-electron chi connectivity index (χ2n) is 5.62. The Morgan fingerprint density at radius 3 is 2.65 bits per heavy atom. The van der Waals surface area contributed by atoms with E-state index in [4.69, 9.17) is 11.6 Å². The lowest BCUT2D eigenvalue weighted by molar-refractivity contribution is 0.334. The van der Waals surface area contributed by atoms with Crippen molar-refractivity contribution in [3.63, 3.8) is 0 Å². The molecule has 1 heterocycles. The first-order valence-electron chi connectivity index (χ1n) is 8.27. The Balaban J connectivity index is 0.00000264. The van der Waals surface area contributed by atoms with Gasteiger partial charge in [0.05, 0.1) is 6.54 Å². The highest BCUT2D eigenvalue weighted by Crippen LogP contribution is 2.15. The van der Waals surface area contributed by atoms with E-state index in [2.05, 4.69) is 27.4 Å². The molecular formula is C17H28ClIN4. The Kier molecular flexibility index (Phi) is 10.6. The average molecular weight is 451 g/mol. The lowest BCUT2D eigenvalue weighted by Crippen LogP contribution is -2.38. The van der Waals surface area contributed by atoms with Gasteiger partial charge in [0.15, 0.2) is 5.96 Å². The number of hydrogen-bond donors (Lipinski definition) is 2. The summed E-state index contributed by atoms with van der Waals surface area (Å²) in [4.78, 5) is 7.15. The Labute approximate surface area is 162 Å². The van der Waals surface area contributed by atoms with Gasteiger partial charge < -0.3 is 15.5 Å². The summed E-state index contributed by atoms with van der Waals surface area (Å²) in [6, 6.07) is 7.86. The summed E-state index contributed by atoms with van der Waals surface area (Å²) < 4.78 is 0. The summed E-state index contributed by atoms with van der Waals surface area (Å²) in [5, 5.41) is 7.46. The van der Waals surface area contributed by atoms with Crippen LogP contribution in [0.1, 0.15) is 31.7 Å². The molecule has 0 aliphatic carbocycles. The third-order valence-corrected chi connectivity index (χ3v) is 4.22.